The number of rotatable bonds is 102. The van der Waals surface area contributed by atoms with E-state index < -0.39 is 0 Å². The smallest absolute Gasteiger partial charge is 0.412 e. The van der Waals surface area contributed by atoms with Crippen molar-refractivity contribution in [1.29, 1.82) is 0 Å². The van der Waals surface area contributed by atoms with Gasteiger partial charge in [-0.2, -0.15) is 0 Å². The predicted molar refractivity (Wildman–Crippen MR) is 645 cm³/mol. The van der Waals surface area contributed by atoms with Crippen molar-refractivity contribution in [3.63, 3.8) is 0 Å². The molecule has 0 radical (unpaired) electrons. The minimum absolute atomic E-state index is 0. The summed E-state index contributed by atoms with van der Waals surface area (Å²) >= 11 is 57.7. The van der Waals surface area contributed by atoms with Crippen LogP contribution in [0.2, 0.25) is 0 Å². The van der Waals surface area contributed by atoms with Crippen LogP contribution in [0.25, 0.3) is 0 Å². The van der Waals surface area contributed by atoms with Crippen LogP contribution >= 0.6 is 73.3 Å². The maximum Gasteiger partial charge on any atom is 6.00 e. The van der Waals surface area contributed by atoms with Gasteiger partial charge >= 0.3 is 21.1 Å². The molecule has 0 unspecified atom stereocenters. The number of hydrogen-bond acceptors (Lipinski definition) is 12. The van der Waals surface area contributed by atoms with E-state index in [4.69, 9.17) is 149 Å². The van der Waals surface area contributed by atoms with Gasteiger partial charge in [-0.3, -0.25) is 0 Å². The van der Waals surface area contributed by atoms with Gasteiger partial charge in [0.2, 0.25) is 0 Å². The normalized spacial score (nSPS) is 10.7. The Morgan fingerprint density at radius 3 is 0.218 bits per heavy atom. The van der Waals surface area contributed by atoms with Crippen molar-refractivity contribution in [1.82, 2.24) is 31.9 Å². The van der Waals surface area contributed by atoms with Crippen molar-refractivity contribution in [3.05, 3.63) is 0 Å². The Labute approximate surface area is 916 Å². The second-order valence-corrected chi connectivity index (χ2v) is 45.6. The summed E-state index contributed by atoms with van der Waals surface area (Å²) < 4.78 is 3.09. The molecule has 0 heterocycles. The summed E-state index contributed by atoms with van der Waals surface area (Å²) in [6.45, 7) is 19.5. The molecule has 0 bridgehead atoms. The Bertz CT molecular complexity index is 1770. The molecule has 0 aromatic carbocycles. The molecule has 0 fully saturated rings. The van der Waals surface area contributed by atoms with Crippen molar-refractivity contribution < 1.29 is 21.1 Å². The minimum Gasteiger partial charge on any atom is -0.412 e. The zero-order chi connectivity index (χ0) is 97.8. The van der Waals surface area contributed by atoms with E-state index in [1.165, 1.54) is 616 Å². The molecule has 0 rings (SSSR count). The first-order valence-electron chi connectivity index (χ1n) is 58.3. The summed E-state index contributed by atoms with van der Waals surface area (Å²) in [6.07, 6.45) is 135. The fraction of sp³-hybridized carbons (Fsp3) is 0.947. The van der Waals surface area contributed by atoms with Crippen molar-refractivity contribution in [2.75, 3.05) is 39.3 Å². The zero-order valence-electron chi connectivity index (χ0n) is 89.4. The van der Waals surface area contributed by atoms with Crippen LogP contribution in [0.15, 0.2) is 0 Å². The largest absolute Gasteiger partial charge is 6.00 e. The number of thiocarbonyl (C=S) groups is 6. The van der Waals surface area contributed by atoms with Gasteiger partial charge in [-0.05, 0) is 38.5 Å². The first kappa shape index (κ1) is 147. The van der Waals surface area contributed by atoms with Gasteiger partial charge in [0.15, 0.2) is 0 Å². The maximum atomic E-state index is 4.81. The second kappa shape index (κ2) is 144. The van der Waals surface area contributed by atoms with E-state index in [0.717, 1.165) is 39.3 Å². The Balaban J connectivity index is -0.000000286. The molecule has 0 spiro atoms. The Morgan fingerprint density at radius 1 is 0.113 bits per heavy atom. The van der Waals surface area contributed by atoms with Crippen LogP contribution in [-0.4, -0.2) is 65.2 Å². The third kappa shape index (κ3) is 173. The zero-order valence-corrected chi connectivity index (χ0v) is 101. The minimum atomic E-state index is 0. The average Bonchev–Trinajstić information content (AvgIpc) is 1.10. The summed E-state index contributed by atoms with van der Waals surface area (Å²) in [4.78, 5) is 0. The Hall–Kier alpha value is 1.35. The molecule has 0 aliphatic carbocycles. The van der Waals surface area contributed by atoms with Crippen molar-refractivity contribution >= 4 is 175 Å². The number of hydrogen-bond donors (Lipinski definition) is 6. The number of nitrogens with one attached hydrogen (secondary N) is 6. The van der Waals surface area contributed by atoms with Gasteiger partial charge < -0.3 is 181 Å². The second-order valence-electron chi connectivity index (χ2n) is 39.1. The fourth-order valence-corrected chi connectivity index (χ4v) is 18.4. The van der Waals surface area contributed by atoms with E-state index >= 15 is 0 Å². The summed E-state index contributed by atoms with van der Waals surface area (Å²) in [6, 6.07) is 0. The SMILES string of the molecule is CCCCCCCCCCCCCCCCCCNC(=S)[S-].CCCCCCCCCCCCCCCCCCNC(=S)[S-].CCCCCCCCCCCCCCCCCCNC(=S)[S-].CCCCCCCCCCCCCCCCCCNC(=S)[S-].CCCCCCCCCCCCCCCCCCNC(=S)[S-].CCCCCCCCCCCCCCCCCCNC(=S)[S-].[Mo+6]. The summed E-state index contributed by atoms with van der Waals surface area (Å²) in [5.74, 6) is 0. The molecule has 0 atom stereocenters. The van der Waals surface area contributed by atoms with Crippen LogP contribution in [0.1, 0.15) is 658 Å². The van der Waals surface area contributed by atoms with E-state index in [-0.39, 0.29) is 21.1 Å². The molecule has 133 heavy (non-hydrogen) atoms. The van der Waals surface area contributed by atoms with E-state index in [2.05, 4.69) is 73.4 Å². The van der Waals surface area contributed by atoms with E-state index in [1.807, 2.05) is 0 Å². The maximum absolute atomic E-state index is 4.81. The van der Waals surface area contributed by atoms with Gasteiger partial charge in [0.25, 0.3) is 0 Å². The van der Waals surface area contributed by atoms with Gasteiger partial charge in [-0.15, -0.1) is 0 Å². The molecule has 0 amide bonds. The van der Waals surface area contributed by atoms with Crippen LogP contribution in [0.5, 0.6) is 0 Å². The average molecular weight is 2160 g/mol. The third-order valence-electron chi connectivity index (χ3n) is 25.8. The molecule has 0 aliphatic rings. The monoisotopic (exact) mass is 2160 g/mol. The van der Waals surface area contributed by atoms with E-state index in [1.54, 1.807) is 0 Å². The first-order chi connectivity index (χ1) is 64.6. The van der Waals surface area contributed by atoms with E-state index in [0.29, 0.717) is 25.9 Å². The molecule has 0 aromatic heterocycles. The quantitative estimate of drug-likeness (QED) is 0.0151. The van der Waals surface area contributed by atoms with Crippen LogP contribution in [0.4, 0.5) is 0 Å². The Kier molecular flexibility index (Phi) is 160. The summed E-state index contributed by atoms with van der Waals surface area (Å²) in [7, 11) is 0. The standard InChI is InChI=1S/6C19H39NS2.Mo/c6*1-2-3-4-5-6-7-8-9-10-11-12-13-14-15-16-17-18-20-19(21)22;/h6*2-18H2,1H3,(H2,20,21,22);/q;;;;;;+6/p-6. The van der Waals surface area contributed by atoms with Crippen LogP contribution in [-0.2, 0) is 96.8 Å². The van der Waals surface area contributed by atoms with Gasteiger partial charge in [0, 0.05) is 39.3 Å². The van der Waals surface area contributed by atoms with Gasteiger partial charge in [0.1, 0.15) is 0 Å². The van der Waals surface area contributed by atoms with Crippen LogP contribution < -0.4 is 31.9 Å². The first-order valence-corrected chi connectivity index (χ1v) is 63.2. The van der Waals surface area contributed by atoms with Crippen molar-refractivity contribution in [3.8, 4) is 0 Å². The molecule has 0 saturated carbocycles. The van der Waals surface area contributed by atoms with Crippen LogP contribution in [0, 0.1) is 0 Å². The van der Waals surface area contributed by atoms with Gasteiger partial charge in [0.05, 0.1) is 0 Å². The molecule has 6 nitrogen and oxygen atoms in total. The molecule has 0 saturated heterocycles. The number of unbranched alkanes of at least 4 members (excludes halogenated alkanes) is 90. The van der Waals surface area contributed by atoms with Gasteiger partial charge in [-0.25, -0.2) is 0 Å². The molecular weight excluding hydrogens is 1930 g/mol. The molecule has 0 aliphatic heterocycles. The topological polar surface area (TPSA) is 72.2 Å². The van der Waals surface area contributed by atoms with Crippen molar-refractivity contribution in [2.24, 2.45) is 0 Å². The van der Waals surface area contributed by atoms with Gasteiger partial charge in [-0.1, -0.05) is 645 Å². The molecule has 19 heteroatoms. The fourth-order valence-electron chi connectivity index (χ4n) is 17.2. The summed E-state index contributed by atoms with van der Waals surface area (Å²) in [5.41, 5.74) is 0. The third-order valence-corrected chi connectivity index (χ3v) is 27.5. The molecule has 6 N–H and O–H groups in total. The Morgan fingerprint density at radius 2 is 0.165 bits per heavy atom. The van der Waals surface area contributed by atoms with Crippen molar-refractivity contribution in [2.45, 2.75) is 658 Å². The molecular formula is C114H228MoN6S12. The molecule has 792 valence electrons. The van der Waals surface area contributed by atoms with E-state index in [9.17, 15) is 0 Å². The van der Waals surface area contributed by atoms with Crippen LogP contribution in [0.3, 0.4) is 0 Å². The predicted octanol–water partition coefficient (Wildman–Crippen LogP) is 40.0. The molecule has 0 aromatic rings. The summed E-state index contributed by atoms with van der Waals surface area (Å²) in [5, 5.41) is 18.2.